The van der Waals surface area contributed by atoms with E-state index in [0.717, 1.165) is 5.56 Å². The van der Waals surface area contributed by atoms with E-state index in [1.807, 2.05) is 0 Å². The van der Waals surface area contributed by atoms with Gasteiger partial charge in [0.1, 0.15) is 6.04 Å². The van der Waals surface area contributed by atoms with Crippen LogP contribution in [0.1, 0.15) is 38.7 Å². The van der Waals surface area contributed by atoms with Crippen LogP contribution in [0.5, 0.6) is 0 Å². The molecule has 8 heteroatoms. The lowest BCUT2D eigenvalue weighted by molar-refractivity contribution is -0.148. The smallest absolute Gasteiger partial charge is 0.326 e. The Kier molecular flexibility index (Phi) is 6.77. The van der Waals surface area contributed by atoms with E-state index in [2.05, 4.69) is 0 Å². The molecule has 1 heterocycles. The molecule has 1 aliphatic rings. The summed E-state index contributed by atoms with van der Waals surface area (Å²) < 4.78 is 26.3. The molecule has 144 valence electrons. The van der Waals surface area contributed by atoms with Gasteiger partial charge in [-0.2, -0.15) is 4.31 Å². The number of aryl methyl sites for hydroxylation is 1. The van der Waals surface area contributed by atoms with Gasteiger partial charge in [0.2, 0.25) is 15.9 Å². The van der Waals surface area contributed by atoms with Crippen molar-refractivity contribution in [3.05, 3.63) is 29.8 Å². The lowest BCUT2D eigenvalue weighted by atomic mass is 10.1. The van der Waals surface area contributed by atoms with Crippen LogP contribution in [0, 0.1) is 0 Å². The van der Waals surface area contributed by atoms with E-state index in [1.165, 1.54) is 9.21 Å². The van der Waals surface area contributed by atoms with Crippen LogP contribution < -0.4 is 0 Å². The average molecular weight is 382 g/mol. The summed E-state index contributed by atoms with van der Waals surface area (Å²) in [7, 11) is -3.49. The Hall–Kier alpha value is -1.93. The first-order valence-electron chi connectivity index (χ1n) is 8.92. The lowest BCUT2D eigenvalue weighted by Gasteiger charge is -2.21. The molecule has 1 fully saturated rings. The monoisotopic (exact) mass is 382 g/mol. The highest BCUT2D eigenvalue weighted by Gasteiger charge is 2.33. The maximum absolute atomic E-state index is 12.5. The van der Waals surface area contributed by atoms with E-state index in [1.54, 1.807) is 38.1 Å². The summed E-state index contributed by atoms with van der Waals surface area (Å²) in [6.07, 6.45) is 1.87. The van der Waals surface area contributed by atoms with E-state index in [9.17, 15) is 18.0 Å². The first-order valence-corrected chi connectivity index (χ1v) is 10.4. The maximum Gasteiger partial charge on any atom is 0.326 e. The summed E-state index contributed by atoms with van der Waals surface area (Å²) in [5, 5.41) is 9.16. The van der Waals surface area contributed by atoms with E-state index in [4.69, 9.17) is 5.11 Å². The van der Waals surface area contributed by atoms with Gasteiger partial charge in [0, 0.05) is 26.1 Å². The highest BCUT2D eigenvalue weighted by atomic mass is 32.2. The number of benzene rings is 1. The van der Waals surface area contributed by atoms with Gasteiger partial charge in [0.15, 0.2) is 0 Å². The van der Waals surface area contributed by atoms with Crippen molar-refractivity contribution in [1.82, 2.24) is 9.21 Å². The predicted molar refractivity (Wildman–Crippen MR) is 97.2 cm³/mol. The number of rotatable bonds is 8. The largest absolute Gasteiger partial charge is 0.480 e. The van der Waals surface area contributed by atoms with Gasteiger partial charge in [0.25, 0.3) is 0 Å². The van der Waals surface area contributed by atoms with E-state index in [-0.39, 0.29) is 17.2 Å². The first kappa shape index (κ1) is 20.4. The molecule has 0 aromatic heterocycles. The first-order chi connectivity index (χ1) is 12.3. The summed E-state index contributed by atoms with van der Waals surface area (Å²) in [4.78, 5) is 25.1. The highest BCUT2D eigenvalue weighted by Crippen LogP contribution is 2.20. The van der Waals surface area contributed by atoms with Crippen LogP contribution in [0.3, 0.4) is 0 Å². The van der Waals surface area contributed by atoms with E-state index in [0.29, 0.717) is 38.9 Å². The molecular formula is C18H26N2O5S. The number of amides is 1. The number of hydrogen-bond donors (Lipinski definition) is 1. The lowest BCUT2D eigenvalue weighted by Crippen LogP contribution is -2.40. The molecule has 1 unspecified atom stereocenters. The fourth-order valence-electron chi connectivity index (χ4n) is 3.26. The van der Waals surface area contributed by atoms with Crippen LogP contribution in [0.4, 0.5) is 0 Å². The SMILES string of the molecule is CCN(CC)S(=O)(=O)c1ccc(CCC(=O)N2CCCC2C(=O)O)cc1. The minimum Gasteiger partial charge on any atom is -0.480 e. The van der Waals surface area contributed by atoms with Crippen molar-refractivity contribution in [2.75, 3.05) is 19.6 Å². The molecule has 1 aromatic rings. The molecule has 1 aromatic carbocycles. The number of carbonyl (C=O) groups excluding carboxylic acids is 1. The zero-order valence-electron chi connectivity index (χ0n) is 15.2. The Morgan fingerprint density at radius 3 is 2.35 bits per heavy atom. The third-order valence-electron chi connectivity index (χ3n) is 4.75. The molecule has 7 nitrogen and oxygen atoms in total. The van der Waals surface area contributed by atoms with Gasteiger partial charge in [0.05, 0.1) is 4.90 Å². The Balaban J connectivity index is 1.99. The molecule has 0 aliphatic carbocycles. The second-order valence-corrected chi connectivity index (χ2v) is 8.25. The van der Waals surface area contributed by atoms with Crippen molar-refractivity contribution in [1.29, 1.82) is 0 Å². The number of hydrogen-bond acceptors (Lipinski definition) is 4. The molecule has 1 N–H and O–H groups in total. The minimum absolute atomic E-state index is 0.172. The molecule has 1 amide bonds. The van der Waals surface area contributed by atoms with Crippen molar-refractivity contribution in [3.8, 4) is 0 Å². The van der Waals surface area contributed by atoms with Crippen molar-refractivity contribution in [2.45, 2.75) is 50.5 Å². The fourth-order valence-corrected chi connectivity index (χ4v) is 4.72. The van der Waals surface area contributed by atoms with Crippen molar-refractivity contribution < 1.29 is 23.1 Å². The summed E-state index contributed by atoms with van der Waals surface area (Å²) in [6, 6.07) is 5.82. The quantitative estimate of drug-likeness (QED) is 0.739. The third-order valence-corrected chi connectivity index (χ3v) is 6.82. The normalized spacial score (nSPS) is 17.7. The molecule has 1 atom stereocenters. The predicted octanol–water partition coefficient (Wildman–Crippen LogP) is 1.73. The molecule has 1 saturated heterocycles. The van der Waals surface area contributed by atoms with Gasteiger partial charge in [-0.25, -0.2) is 13.2 Å². The van der Waals surface area contributed by atoms with Gasteiger partial charge >= 0.3 is 5.97 Å². The topological polar surface area (TPSA) is 95.0 Å². The molecule has 0 spiro atoms. The van der Waals surface area contributed by atoms with Crippen molar-refractivity contribution in [3.63, 3.8) is 0 Å². The molecule has 0 bridgehead atoms. The average Bonchev–Trinajstić information content (AvgIpc) is 3.11. The van der Waals surface area contributed by atoms with Crippen LogP contribution in [0.25, 0.3) is 0 Å². The van der Waals surface area contributed by atoms with Gasteiger partial charge in [-0.1, -0.05) is 26.0 Å². The van der Waals surface area contributed by atoms with Gasteiger partial charge in [-0.15, -0.1) is 0 Å². The third kappa shape index (κ3) is 4.42. The minimum atomic E-state index is -3.49. The molecule has 0 saturated carbocycles. The van der Waals surface area contributed by atoms with Crippen LogP contribution in [-0.2, 0) is 26.0 Å². The standard InChI is InChI=1S/C18H26N2O5S/c1-3-19(4-2)26(24,25)15-10-7-14(8-11-15)9-12-17(21)20-13-5-6-16(20)18(22)23/h7-8,10-11,16H,3-6,9,12-13H2,1-2H3,(H,22,23). The second-order valence-electron chi connectivity index (χ2n) is 6.32. The highest BCUT2D eigenvalue weighted by molar-refractivity contribution is 7.89. The maximum atomic E-state index is 12.5. The summed E-state index contributed by atoms with van der Waals surface area (Å²) >= 11 is 0. The van der Waals surface area contributed by atoms with Crippen molar-refractivity contribution in [2.24, 2.45) is 0 Å². The number of likely N-dealkylation sites (tertiary alicyclic amines) is 1. The Morgan fingerprint density at radius 1 is 1.19 bits per heavy atom. The second kappa shape index (κ2) is 8.64. The van der Waals surface area contributed by atoms with Gasteiger partial charge in [-0.05, 0) is 37.0 Å². The van der Waals surface area contributed by atoms with Crippen LogP contribution in [0.15, 0.2) is 29.2 Å². The number of carboxylic acids is 1. The zero-order chi connectivity index (χ0) is 19.3. The number of aliphatic carboxylic acids is 1. The van der Waals surface area contributed by atoms with Crippen LogP contribution >= 0.6 is 0 Å². The molecule has 1 aliphatic heterocycles. The number of nitrogens with zero attached hydrogens (tertiary/aromatic N) is 2. The molecule has 26 heavy (non-hydrogen) atoms. The molecule has 2 rings (SSSR count). The summed E-state index contributed by atoms with van der Waals surface area (Å²) in [6.45, 7) is 4.90. The van der Waals surface area contributed by atoms with Crippen molar-refractivity contribution >= 4 is 21.9 Å². The summed E-state index contributed by atoms with van der Waals surface area (Å²) in [5.41, 5.74) is 0.850. The Morgan fingerprint density at radius 2 is 1.81 bits per heavy atom. The van der Waals surface area contributed by atoms with Crippen LogP contribution in [-0.4, -0.2) is 60.3 Å². The Bertz CT molecular complexity index is 741. The number of carboxylic acid groups (broad SMARTS) is 1. The number of sulfonamides is 1. The number of carbonyl (C=O) groups is 2. The zero-order valence-corrected chi connectivity index (χ0v) is 16.0. The van der Waals surface area contributed by atoms with Gasteiger partial charge < -0.3 is 10.0 Å². The van der Waals surface area contributed by atoms with E-state index >= 15 is 0 Å². The summed E-state index contributed by atoms with van der Waals surface area (Å²) in [5.74, 6) is -1.13. The van der Waals surface area contributed by atoms with E-state index < -0.39 is 22.0 Å². The Labute approximate surface area is 154 Å². The van der Waals surface area contributed by atoms with Crippen LogP contribution in [0.2, 0.25) is 0 Å². The van der Waals surface area contributed by atoms with Gasteiger partial charge in [-0.3, -0.25) is 4.79 Å². The molecule has 0 radical (unpaired) electrons. The fraction of sp³-hybridized carbons (Fsp3) is 0.556. The molecular weight excluding hydrogens is 356 g/mol.